The van der Waals surface area contributed by atoms with Crippen molar-refractivity contribution in [3.05, 3.63) is 70.6 Å². The normalized spacial score (nSPS) is 11.3. The van der Waals surface area contributed by atoms with Gasteiger partial charge in [-0.2, -0.15) is 14.9 Å². The Kier molecular flexibility index (Phi) is 6.39. The number of benzene rings is 2. The lowest BCUT2D eigenvalue weighted by molar-refractivity contribution is 0.865. The van der Waals surface area contributed by atoms with E-state index in [9.17, 15) is 0 Å². The molecule has 0 aliphatic heterocycles. The largest absolute Gasteiger partial charge is 0.372 e. The van der Waals surface area contributed by atoms with Crippen LogP contribution in [0.3, 0.4) is 0 Å². The summed E-state index contributed by atoms with van der Waals surface area (Å²) in [6.07, 6.45) is 1.80. The molecule has 4 aromatic rings. The molecule has 0 aliphatic rings. The molecule has 158 valence electrons. The van der Waals surface area contributed by atoms with Crippen LogP contribution in [0.5, 0.6) is 0 Å². The molecule has 0 fully saturated rings. The third-order valence-corrected chi connectivity index (χ3v) is 6.48. The Balaban J connectivity index is 1.63. The number of aromatic amines is 1. The molecular formula is C23H24N6S2. The van der Waals surface area contributed by atoms with Crippen molar-refractivity contribution in [2.75, 3.05) is 18.0 Å². The molecular weight excluding hydrogens is 424 g/mol. The average molecular weight is 449 g/mol. The SMILES string of the molecule is CCN(CC)c1ccc(/C=N\n2c(-c3sc(-c4ccccc4)nc3C)n[nH]c2=S)cc1. The molecule has 2 aromatic carbocycles. The van der Waals surface area contributed by atoms with Crippen LogP contribution in [0.1, 0.15) is 25.1 Å². The van der Waals surface area contributed by atoms with Gasteiger partial charge in [0.1, 0.15) is 5.01 Å². The highest BCUT2D eigenvalue weighted by molar-refractivity contribution is 7.71. The molecule has 2 heterocycles. The van der Waals surface area contributed by atoms with Gasteiger partial charge in [-0.1, -0.05) is 42.5 Å². The fourth-order valence-corrected chi connectivity index (χ4v) is 4.56. The topological polar surface area (TPSA) is 62.1 Å². The van der Waals surface area contributed by atoms with Crippen LogP contribution < -0.4 is 4.90 Å². The van der Waals surface area contributed by atoms with E-state index in [0.29, 0.717) is 10.6 Å². The highest BCUT2D eigenvalue weighted by Crippen LogP contribution is 2.34. The Morgan fingerprint density at radius 2 is 1.81 bits per heavy atom. The molecule has 31 heavy (non-hydrogen) atoms. The predicted octanol–water partition coefficient (Wildman–Crippen LogP) is 5.77. The number of hydrogen-bond donors (Lipinski definition) is 1. The summed E-state index contributed by atoms with van der Waals surface area (Å²) in [6.45, 7) is 8.26. The van der Waals surface area contributed by atoms with E-state index in [1.807, 2.05) is 25.1 Å². The number of hydrogen-bond acceptors (Lipinski definition) is 6. The molecule has 0 saturated heterocycles. The second-order valence-electron chi connectivity index (χ2n) is 6.97. The van der Waals surface area contributed by atoms with Crippen LogP contribution in [0.2, 0.25) is 0 Å². The number of nitrogens with zero attached hydrogens (tertiary/aromatic N) is 5. The molecule has 8 heteroatoms. The van der Waals surface area contributed by atoms with Gasteiger partial charge in [-0.3, -0.25) is 0 Å². The van der Waals surface area contributed by atoms with Gasteiger partial charge in [-0.05, 0) is 50.7 Å². The summed E-state index contributed by atoms with van der Waals surface area (Å²) in [5.74, 6) is 0.665. The number of aryl methyl sites for hydroxylation is 1. The first-order chi connectivity index (χ1) is 15.1. The highest BCUT2D eigenvalue weighted by atomic mass is 32.1. The zero-order chi connectivity index (χ0) is 21.8. The molecule has 0 atom stereocenters. The maximum absolute atomic E-state index is 5.43. The van der Waals surface area contributed by atoms with Crippen molar-refractivity contribution in [2.45, 2.75) is 20.8 Å². The predicted molar refractivity (Wildman–Crippen MR) is 132 cm³/mol. The highest BCUT2D eigenvalue weighted by Gasteiger charge is 2.17. The van der Waals surface area contributed by atoms with Crippen molar-refractivity contribution >= 4 is 35.5 Å². The van der Waals surface area contributed by atoms with E-state index in [1.165, 1.54) is 5.69 Å². The summed E-state index contributed by atoms with van der Waals surface area (Å²) >= 11 is 7.01. The van der Waals surface area contributed by atoms with E-state index >= 15 is 0 Å². The van der Waals surface area contributed by atoms with Gasteiger partial charge in [-0.15, -0.1) is 11.3 Å². The number of rotatable bonds is 7. The third-order valence-electron chi connectivity index (χ3n) is 5.01. The van der Waals surface area contributed by atoms with E-state index in [0.717, 1.165) is 39.8 Å². The van der Waals surface area contributed by atoms with Gasteiger partial charge < -0.3 is 4.90 Å². The third kappa shape index (κ3) is 4.50. The standard InChI is InChI=1S/C23H24N6S2/c1-4-28(5-2)19-13-11-17(12-14-19)15-24-29-21(26-27-23(29)30)20-16(3)25-22(31-20)18-9-7-6-8-10-18/h6-15H,4-5H2,1-3H3,(H,27,30)/b24-15-. The van der Waals surface area contributed by atoms with Gasteiger partial charge in [0.05, 0.1) is 16.8 Å². The number of anilines is 1. The van der Waals surface area contributed by atoms with E-state index in [-0.39, 0.29) is 0 Å². The maximum Gasteiger partial charge on any atom is 0.216 e. The van der Waals surface area contributed by atoms with Crippen molar-refractivity contribution in [2.24, 2.45) is 5.10 Å². The maximum atomic E-state index is 5.43. The first-order valence-electron chi connectivity index (χ1n) is 10.2. The minimum Gasteiger partial charge on any atom is -0.372 e. The van der Waals surface area contributed by atoms with Gasteiger partial charge in [-0.25, -0.2) is 10.1 Å². The van der Waals surface area contributed by atoms with Crippen LogP contribution in [-0.4, -0.2) is 39.2 Å². The molecule has 0 aliphatic carbocycles. The van der Waals surface area contributed by atoms with Crippen molar-refractivity contribution < 1.29 is 0 Å². The number of thiazole rings is 1. The lowest BCUT2D eigenvalue weighted by Gasteiger charge is -2.20. The Morgan fingerprint density at radius 1 is 1.10 bits per heavy atom. The number of aromatic nitrogens is 4. The second kappa shape index (κ2) is 9.36. The molecule has 0 spiro atoms. The van der Waals surface area contributed by atoms with Crippen LogP contribution in [0.4, 0.5) is 5.69 Å². The van der Waals surface area contributed by atoms with Gasteiger partial charge >= 0.3 is 0 Å². The molecule has 0 unspecified atom stereocenters. The zero-order valence-electron chi connectivity index (χ0n) is 17.7. The van der Waals surface area contributed by atoms with Crippen molar-refractivity contribution in [3.8, 4) is 21.3 Å². The van der Waals surface area contributed by atoms with Crippen LogP contribution in [-0.2, 0) is 0 Å². The Morgan fingerprint density at radius 3 is 2.48 bits per heavy atom. The molecule has 0 bridgehead atoms. The monoisotopic (exact) mass is 448 g/mol. The van der Waals surface area contributed by atoms with Crippen molar-refractivity contribution in [1.29, 1.82) is 0 Å². The molecule has 6 nitrogen and oxygen atoms in total. The molecule has 2 aromatic heterocycles. The van der Waals surface area contributed by atoms with Crippen LogP contribution in [0.15, 0.2) is 59.7 Å². The summed E-state index contributed by atoms with van der Waals surface area (Å²) in [5.41, 5.74) is 4.18. The van der Waals surface area contributed by atoms with Crippen LogP contribution in [0.25, 0.3) is 21.3 Å². The lowest BCUT2D eigenvalue weighted by atomic mass is 10.2. The van der Waals surface area contributed by atoms with E-state index in [1.54, 1.807) is 22.2 Å². The minimum absolute atomic E-state index is 0.445. The quantitative estimate of drug-likeness (QED) is 0.288. The van der Waals surface area contributed by atoms with E-state index < -0.39 is 0 Å². The summed E-state index contributed by atoms with van der Waals surface area (Å²) in [7, 11) is 0. The van der Waals surface area contributed by atoms with Gasteiger partial charge in [0.25, 0.3) is 0 Å². The van der Waals surface area contributed by atoms with Gasteiger partial charge in [0.15, 0.2) is 5.82 Å². The van der Waals surface area contributed by atoms with Gasteiger partial charge in [0, 0.05) is 24.3 Å². The van der Waals surface area contributed by atoms with E-state index in [2.05, 4.69) is 70.4 Å². The molecule has 0 radical (unpaired) electrons. The minimum atomic E-state index is 0.445. The first-order valence-corrected chi connectivity index (χ1v) is 11.4. The molecule has 1 N–H and O–H groups in total. The first kappa shape index (κ1) is 21.1. The molecule has 0 saturated carbocycles. The molecule has 0 amide bonds. The van der Waals surface area contributed by atoms with Crippen molar-refractivity contribution in [3.63, 3.8) is 0 Å². The van der Waals surface area contributed by atoms with Crippen LogP contribution >= 0.6 is 23.6 Å². The summed E-state index contributed by atoms with van der Waals surface area (Å²) < 4.78 is 2.10. The fourth-order valence-electron chi connectivity index (χ4n) is 3.34. The Labute approximate surface area is 190 Å². The van der Waals surface area contributed by atoms with Gasteiger partial charge in [0.2, 0.25) is 4.77 Å². The Bertz CT molecular complexity index is 1230. The average Bonchev–Trinajstić information content (AvgIpc) is 3.36. The summed E-state index contributed by atoms with van der Waals surface area (Å²) in [4.78, 5) is 7.98. The molecule has 4 rings (SSSR count). The van der Waals surface area contributed by atoms with E-state index in [4.69, 9.17) is 17.2 Å². The summed E-state index contributed by atoms with van der Waals surface area (Å²) in [6, 6.07) is 18.5. The van der Waals surface area contributed by atoms with Crippen LogP contribution in [0, 0.1) is 11.7 Å². The summed E-state index contributed by atoms with van der Waals surface area (Å²) in [5, 5.41) is 12.8. The van der Waals surface area contributed by atoms with Crippen molar-refractivity contribution in [1.82, 2.24) is 19.9 Å². The zero-order valence-corrected chi connectivity index (χ0v) is 19.4. The lowest BCUT2D eigenvalue weighted by Crippen LogP contribution is -2.21. The number of H-pyrrole nitrogens is 1. The Hall–Kier alpha value is -3.10. The fraction of sp³-hybridized carbons (Fsp3) is 0.217. The smallest absolute Gasteiger partial charge is 0.216 e. The second-order valence-corrected chi connectivity index (χ2v) is 8.36. The number of nitrogens with one attached hydrogen (secondary N) is 1.